The Morgan fingerprint density at radius 3 is 2.20 bits per heavy atom. The van der Waals surface area contributed by atoms with Gasteiger partial charge in [0.05, 0.1) is 6.61 Å². The van der Waals surface area contributed by atoms with E-state index in [0.717, 1.165) is 59.3 Å². The average molecular weight is 558 g/mol. The van der Waals surface area contributed by atoms with Crippen LogP contribution in [0.5, 0.6) is 5.75 Å². The fourth-order valence-corrected chi connectivity index (χ4v) is 5.95. The second-order valence-corrected chi connectivity index (χ2v) is 18.7. The average Bonchev–Trinajstić information content (AvgIpc) is 3.15. The van der Waals surface area contributed by atoms with Gasteiger partial charge in [0.1, 0.15) is 5.75 Å². The van der Waals surface area contributed by atoms with Crippen LogP contribution < -0.4 is 4.74 Å². The third-order valence-corrected chi connectivity index (χ3v) is 9.28. The van der Waals surface area contributed by atoms with Gasteiger partial charge in [-0.2, -0.15) is 0 Å². The molecule has 214 valence electrons. The van der Waals surface area contributed by atoms with Gasteiger partial charge in [0, 0.05) is 43.6 Å². The minimum atomic E-state index is -1.12. The van der Waals surface area contributed by atoms with Gasteiger partial charge in [0.15, 0.2) is 12.5 Å². The first-order chi connectivity index (χ1) is 19.0. The molecule has 0 saturated carbocycles. The first kappa shape index (κ1) is 30.1. The molecule has 0 fully saturated rings. The monoisotopic (exact) mass is 557 g/mol. The van der Waals surface area contributed by atoms with E-state index in [-0.39, 0.29) is 12.2 Å². The Morgan fingerprint density at radius 1 is 0.900 bits per heavy atom. The van der Waals surface area contributed by atoms with Crippen molar-refractivity contribution in [2.75, 3.05) is 19.9 Å². The summed E-state index contributed by atoms with van der Waals surface area (Å²) in [4.78, 5) is 2.33. The summed E-state index contributed by atoms with van der Waals surface area (Å²) < 4.78 is 18.7. The number of ether oxygens (including phenoxy) is 3. The first-order valence-electron chi connectivity index (χ1n) is 14.6. The third-order valence-electron chi connectivity index (χ3n) is 7.57. The smallest absolute Gasteiger partial charge is 0.194 e. The topological polar surface area (TPSA) is 30.9 Å². The Labute approximate surface area is 243 Å². The number of benzene rings is 3. The molecule has 0 spiro atoms. The van der Waals surface area contributed by atoms with Crippen LogP contribution in [0.1, 0.15) is 61.9 Å². The van der Waals surface area contributed by atoms with Crippen LogP contribution in [0.4, 0.5) is 0 Å². The highest BCUT2D eigenvalue weighted by Crippen LogP contribution is 2.50. The van der Waals surface area contributed by atoms with Crippen LogP contribution in [0.2, 0.25) is 25.7 Å². The zero-order valence-corrected chi connectivity index (χ0v) is 26.5. The van der Waals surface area contributed by atoms with Crippen molar-refractivity contribution < 1.29 is 14.2 Å². The van der Waals surface area contributed by atoms with Crippen molar-refractivity contribution in [3.63, 3.8) is 0 Å². The van der Waals surface area contributed by atoms with Gasteiger partial charge in [-0.1, -0.05) is 115 Å². The normalized spacial score (nSPS) is 17.3. The van der Waals surface area contributed by atoms with E-state index in [0.29, 0.717) is 6.61 Å². The summed E-state index contributed by atoms with van der Waals surface area (Å²) in [5, 5.41) is 0. The molecule has 4 nitrogen and oxygen atoms in total. The van der Waals surface area contributed by atoms with Crippen molar-refractivity contribution in [1.82, 2.24) is 4.90 Å². The predicted molar refractivity (Wildman–Crippen MR) is 169 cm³/mol. The molecule has 1 atom stereocenters. The molecule has 40 heavy (non-hydrogen) atoms. The lowest BCUT2D eigenvalue weighted by Gasteiger charge is -2.41. The Hall–Kier alpha value is -2.86. The van der Waals surface area contributed by atoms with Crippen molar-refractivity contribution in [3.05, 3.63) is 107 Å². The van der Waals surface area contributed by atoms with Crippen molar-refractivity contribution in [1.29, 1.82) is 0 Å². The highest BCUT2D eigenvalue weighted by Gasteiger charge is 2.49. The molecule has 3 aromatic rings. The predicted octanol–water partition coefficient (Wildman–Crippen LogP) is 8.79. The molecule has 0 radical (unpaired) electrons. The van der Waals surface area contributed by atoms with Crippen molar-refractivity contribution in [2.24, 2.45) is 0 Å². The minimum Gasteiger partial charge on any atom is -0.468 e. The number of hydrogen-bond donors (Lipinski definition) is 0. The maximum atomic E-state index is 7.04. The molecule has 3 aromatic carbocycles. The van der Waals surface area contributed by atoms with Gasteiger partial charge in [-0.25, -0.2) is 0 Å². The second kappa shape index (κ2) is 12.3. The molecule has 0 amide bonds. The quantitative estimate of drug-likeness (QED) is 0.126. The van der Waals surface area contributed by atoms with Crippen molar-refractivity contribution in [2.45, 2.75) is 77.5 Å². The Bertz CT molecular complexity index is 1270. The summed E-state index contributed by atoms with van der Waals surface area (Å²) >= 11 is 0. The first-order valence-corrected chi connectivity index (χ1v) is 18.3. The lowest BCUT2D eigenvalue weighted by Crippen LogP contribution is -2.44. The number of nitrogens with zero attached hydrogens (tertiary/aromatic N) is 1. The van der Waals surface area contributed by atoms with E-state index in [1.54, 1.807) is 0 Å². The second-order valence-electron chi connectivity index (χ2n) is 13.0. The van der Waals surface area contributed by atoms with E-state index in [4.69, 9.17) is 14.2 Å². The molecule has 4 rings (SSSR count). The number of hydrogen-bond acceptors (Lipinski definition) is 4. The molecule has 0 bridgehead atoms. The van der Waals surface area contributed by atoms with E-state index in [2.05, 4.69) is 119 Å². The summed E-state index contributed by atoms with van der Waals surface area (Å²) in [5.74, 6) is 0.789. The maximum absolute atomic E-state index is 7.04. The van der Waals surface area contributed by atoms with Gasteiger partial charge >= 0.3 is 0 Å². The largest absolute Gasteiger partial charge is 0.468 e. The standard InChI is InChI=1S/C35H47NO3Si/c1-9-22-36-27(2)32-12-10-11-13-33(32)35(36,39-25-28-14-16-29(17-15-28)34(3,4)5)30-18-20-31(21-19-30)38-26-37-23-24-40(6,7)8/h10-21H,2,9,22-26H2,1,3-8H3. The fourth-order valence-electron chi connectivity index (χ4n) is 5.19. The van der Waals surface area contributed by atoms with Crippen LogP contribution in [0.15, 0.2) is 79.4 Å². The molecule has 5 heteroatoms. The molecule has 0 saturated heterocycles. The summed E-state index contributed by atoms with van der Waals surface area (Å²) in [6.07, 6.45) is 0.981. The molecule has 1 unspecified atom stereocenters. The SMILES string of the molecule is C=C1c2ccccc2C(OCc2ccc(C(C)(C)C)cc2)(c2ccc(OCOCC[Si](C)(C)C)cc2)N1CCC. The zero-order valence-electron chi connectivity index (χ0n) is 25.5. The molecule has 0 aliphatic carbocycles. The van der Waals surface area contributed by atoms with Crippen molar-refractivity contribution in [3.8, 4) is 5.75 Å². The highest BCUT2D eigenvalue weighted by atomic mass is 28.3. The van der Waals surface area contributed by atoms with Crippen molar-refractivity contribution >= 4 is 13.8 Å². The van der Waals surface area contributed by atoms with E-state index in [9.17, 15) is 0 Å². The molecular formula is C35H47NO3Si. The lowest BCUT2D eigenvalue weighted by atomic mass is 9.87. The maximum Gasteiger partial charge on any atom is 0.194 e. The van der Waals surface area contributed by atoms with Crippen LogP contribution in [0, 0.1) is 0 Å². The van der Waals surface area contributed by atoms with E-state index < -0.39 is 13.8 Å². The summed E-state index contributed by atoms with van der Waals surface area (Å²) in [6.45, 7) is 22.8. The molecule has 1 aliphatic rings. The van der Waals surface area contributed by atoms with Gasteiger partial charge in [-0.3, -0.25) is 0 Å². The van der Waals surface area contributed by atoms with Gasteiger partial charge in [-0.05, 0) is 41.1 Å². The molecule has 0 aromatic heterocycles. The van der Waals surface area contributed by atoms with Gasteiger partial charge < -0.3 is 19.1 Å². The van der Waals surface area contributed by atoms with Gasteiger partial charge in [-0.15, -0.1) is 0 Å². The van der Waals surface area contributed by atoms with Crippen LogP contribution in [0.25, 0.3) is 5.70 Å². The third kappa shape index (κ3) is 6.71. The number of fused-ring (bicyclic) bond motifs is 1. The van der Waals surface area contributed by atoms with Gasteiger partial charge in [0.2, 0.25) is 0 Å². The van der Waals surface area contributed by atoms with Crippen LogP contribution >= 0.6 is 0 Å². The summed E-state index contributed by atoms with van der Waals surface area (Å²) in [5.41, 5.74) is 6.12. The van der Waals surface area contributed by atoms with Gasteiger partial charge in [0.25, 0.3) is 0 Å². The summed E-state index contributed by atoms with van der Waals surface area (Å²) in [6, 6.07) is 26.7. The molecule has 1 heterocycles. The minimum absolute atomic E-state index is 0.115. The Kier molecular flexibility index (Phi) is 9.28. The molecular weight excluding hydrogens is 510 g/mol. The fraction of sp³-hybridized carbons (Fsp3) is 0.429. The number of rotatable bonds is 12. The van der Waals surface area contributed by atoms with Crippen LogP contribution in [-0.4, -0.2) is 32.9 Å². The zero-order chi connectivity index (χ0) is 29.0. The highest BCUT2D eigenvalue weighted by molar-refractivity contribution is 6.76. The van der Waals surface area contributed by atoms with E-state index in [1.165, 1.54) is 5.56 Å². The Balaban J connectivity index is 1.62. The van der Waals surface area contributed by atoms with Crippen LogP contribution in [0.3, 0.4) is 0 Å². The Morgan fingerprint density at radius 2 is 1.57 bits per heavy atom. The lowest BCUT2D eigenvalue weighted by molar-refractivity contribution is -0.111. The summed E-state index contributed by atoms with van der Waals surface area (Å²) in [7, 11) is -1.12. The van der Waals surface area contributed by atoms with E-state index >= 15 is 0 Å². The molecule has 0 N–H and O–H groups in total. The van der Waals surface area contributed by atoms with E-state index in [1.807, 2.05) is 12.1 Å². The molecule has 1 aliphatic heterocycles. The van der Waals surface area contributed by atoms with Crippen LogP contribution in [-0.2, 0) is 27.2 Å².